The molecule has 1 aromatic carbocycles. The minimum Gasteiger partial charge on any atom is -0.497 e. The molecule has 0 spiro atoms. The first-order valence-electron chi connectivity index (χ1n) is 7.80. The van der Waals surface area contributed by atoms with Gasteiger partial charge in [0.2, 0.25) is 5.76 Å². The van der Waals surface area contributed by atoms with E-state index in [2.05, 4.69) is 21.8 Å². The van der Waals surface area contributed by atoms with Gasteiger partial charge in [0.1, 0.15) is 12.2 Å². The normalized spacial score (nSPS) is 13.7. The smallest absolute Gasteiger partial charge is 0.340 e. The molecule has 1 aliphatic rings. The highest BCUT2D eigenvalue weighted by Crippen LogP contribution is 2.35. The molecule has 0 bridgehead atoms. The fourth-order valence-corrected chi connectivity index (χ4v) is 2.62. The number of anilines is 1. The van der Waals surface area contributed by atoms with Crippen molar-refractivity contribution in [2.45, 2.75) is 20.3 Å². The minimum atomic E-state index is 0. The summed E-state index contributed by atoms with van der Waals surface area (Å²) in [7, 11) is 4.02. The van der Waals surface area contributed by atoms with Gasteiger partial charge >= 0.3 is 5.71 Å². The van der Waals surface area contributed by atoms with Gasteiger partial charge in [-0.05, 0) is 26.0 Å². The van der Waals surface area contributed by atoms with Gasteiger partial charge in [0.25, 0.3) is 0 Å². The van der Waals surface area contributed by atoms with Gasteiger partial charge in [-0.2, -0.15) is 4.79 Å². The fourth-order valence-electron chi connectivity index (χ4n) is 2.62. The lowest BCUT2D eigenvalue weighted by atomic mass is 9.94. The average Bonchev–Trinajstić information content (AvgIpc) is 2.56. The zero-order valence-electron chi connectivity index (χ0n) is 14.6. The summed E-state index contributed by atoms with van der Waals surface area (Å²) in [4.78, 5) is 5.43. The molecule has 0 fully saturated rings. The van der Waals surface area contributed by atoms with Crippen molar-refractivity contribution < 1.29 is 14.3 Å². The maximum Gasteiger partial charge on any atom is 0.340 e. The van der Waals surface area contributed by atoms with Crippen LogP contribution in [0.5, 0.6) is 0 Å². The lowest BCUT2D eigenvalue weighted by Crippen LogP contribution is -2.17. The predicted molar refractivity (Wildman–Crippen MR) is 99.5 cm³/mol. The van der Waals surface area contributed by atoms with E-state index >= 15 is 0 Å². The maximum absolute atomic E-state index is 9.25. The lowest BCUT2D eigenvalue weighted by Gasteiger charge is -2.22. The molecule has 0 unspecified atom stereocenters. The Hall–Kier alpha value is -2.23. The van der Waals surface area contributed by atoms with Crippen LogP contribution in [0.4, 0.5) is 5.69 Å². The SMILES string of the molecule is CCOC1=CC(c2ccccc2N(C)C)=C(OCC)CC1=[N+]=[N-].Cl. The molecule has 0 amide bonds. The Morgan fingerprint density at radius 3 is 2.38 bits per heavy atom. The van der Waals surface area contributed by atoms with Gasteiger partial charge in [-0.1, -0.05) is 18.2 Å². The molecule has 0 saturated carbocycles. The van der Waals surface area contributed by atoms with Crippen LogP contribution in [0.1, 0.15) is 25.8 Å². The molecule has 1 aliphatic carbocycles. The molecular weight excluding hydrogens is 326 g/mol. The number of hydrogen-bond donors (Lipinski definition) is 0. The van der Waals surface area contributed by atoms with Crippen molar-refractivity contribution >= 4 is 29.4 Å². The van der Waals surface area contributed by atoms with Crippen molar-refractivity contribution in [1.82, 2.24) is 0 Å². The summed E-state index contributed by atoms with van der Waals surface area (Å²) in [5.41, 5.74) is 12.9. The number of halogens is 1. The summed E-state index contributed by atoms with van der Waals surface area (Å²) in [6.07, 6.45) is 2.31. The summed E-state index contributed by atoms with van der Waals surface area (Å²) in [6.45, 7) is 4.92. The van der Waals surface area contributed by atoms with Crippen molar-refractivity contribution in [3.63, 3.8) is 0 Å². The summed E-state index contributed by atoms with van der Waals surface area (Å²) < 4.78 is 11.4. The molecule has 0 aromatic heterocycles. The number of nitrogens with zero attached hydrogens (tertiary/aromatic N) is 3. The highest BCUT2D eigenvalue weighted by molar-refractivity contribution is 6.03. The quantitative estimate of drug-likeness (QED) is 0.577. The summed E-state index contributed by atoms with van der Waals surface area (Å²) >= 11 is 0. The van der Waals surface area contributed by atoms with Crippen LogP contribution in [0.2, 0.25) is 0 Å². The molecule has 6 heteroatoms. The van der Waals surface area contributed by atoms with E-state index in [1.807, 2.05) is 46.2 Å². The molecular formula is C18H24ClN3O2. The van der Waals surface area contributed by atoms with Gasteiger partial charge in [0.05, 0.1) is 13.2 Å². The Labute approximate surface area is 149 Å². The van der Waals surface area contributed by atoms with Gasteiger partial charge < -0.3 is 19.9 Å². The van der Waals surface area contributed by atoms with E-state index in [0.29, 0.717) is 31.1 Å². The standard InChI is InChI=1S/C18H23N3O2.ClH/c1-5-22-17-12-15(20-19)18(23-6-2)11-14(17)13-9-7-8-10-16(13)21(3)4;/h7-11H,5-6,12H2,1-4H3;1H. The molecule has 5 nitrogen and oxygen atoms in total. The van der Waals surface area contributed by atoms with Crippen molar-refractivity contribution in [3.05, 3.63) is 53.0 Å². The lowest BCUT2D eigenvalue weighted by molar-refractivity contribution is -0.0132. The Balaban J connectivity index is 0.00000288. The van der Waals surface area contributed by atoms with Crippen LogP contribution in [0.15, 0.2) is 41.9 Å². The first-order chi connectivity index (χ1) is 11.1. The van der Waals surface area contributed by atoms with E-state index < -0.39 is 0 Å². The van der Waals surface area contributed by atoms with Gasteiger partial charge in [-0.25, -0.2) is 0 Å². The number of rotatable bonds is 6. The minimum absolute atomic E-state index is 0. The van der Waals surface area contributed by atoms with Crippen LogP contribution in [-0.2, 0) is 9.47 Å². The maximum atomic E-state index is 9.25. The second kappa shape index (κ2) is 9.16. The Bertz CT molecular complexity index is 689. The third-order valence-corrected chi connectivity index (χ3v) is 3.60. The first kappa shape index (κ1) is 19.8. The van der Waals surface area contributed by atoms with E-state index in [0.717, 1.165) is 22.6 Å². The molecule has 24 heavy (non-hydrogen) atoms. The number of hydrogen-bond acceptors (Lipinski definition) is 3. The summed E-state index contributed by atoms with van der Waals surface area (Å²) in [5, 5.41) is 0. The van der Waals surface area contributed by atoms with Gasteiger partial charge in [-0.15, -0.1) is 12.4 Å². The third-order valence-electron chi connectivity index (χ3n) is 3.60. The van der Waals surface area contributed by atoms with Crippen LogP contribution in [-0.4, -0.2) is 37.8 Å². The van der Waals surface area contributed by atoms with E-state index in [1.165, 1.54) is 0 Å². The Kier molecular flexibility index (Phi) is 7.56. The fraction of sp³-hybridized carbons (Fsp3) is 0.389. The van der Waals surface area contributed by atoms with Crippen molar-refractivity contribution in [2.75, 3.05) is 32.2 Å². The largest absolute Gasteiger partial charge is 0.497 e. The topological polar surface area (TPSA) is 58.1 Å². The van der Waals surface area contributed by atoms with Crippen LogP contribution in [0.3, 0.4) is 0 Å². The molecule has 130 valence electrons. The van der Waals surface area contributed by atoms with Crippen molar-refractivity contribution in [3.8, 4) is 0 Å². The molecule has 2 rings (SSSR count). The van der Waals surface area contributed by atoms with Crippen LogP contribution in [0, 0.1) is 0 Å². The van der Waals surface area contributed by atoms with Crippen LogP contribution >= 0.6 is 12.4 Å². The zero-order chi connectivity index (χ0) is 16.8. The first-order valence-corrected chi connectivity index (χ1v) is 7.80. The second-order valence-electron chi connectivity index (χ2n) is 5.35. The van der Waals surface area contributed by atoms with Crippen LogP contribution < -0.4 is 4.90 Å². The zero-order valence-corrected chi connectivity index (χ0v) is 15.4. The van der Waals surface area contributed by atoms with Crippen LogP contribution in [0.25, 0.3) is 11.1 Å². The van der Waals surface area contributed by atoms with Crippen molar-refractivity contribution in [2.24, 2.45) is 0 Å². The number of ether oxygens (including phenoxy) is 2. The summed E-state index contributed by atoms with van der Waals surface area (Å²) in [6, 6.07) is 8.14. The number of para-hydroxylation sites is 1. The van der Waals surface area contributed by atoms with Gasteiger partial charge in [0, 0.05) is 30.9 Å². The van der Waals surface area contributed by atoms with E-state index in [1.54, 1.807) is 0 Å². The summed E-state index contributed by atoms with van der Waals surface area (Å²) in [5.74, 6) is 1.38. The monoisotopic (exact) mass is 349 g/mol. The molecule has 0 saturated heterocycles. The number of benzene rings is 1. The van der Waals surface area contributed by atoms with E-state index in [4.69, 9.17) is 9.47 Å². The Morgan fingerprint density at radius 2 is 1.79 bits per heavy atom. The van der Waals surface area contributed by atoms with E-state index in [-0.39, 0.29) is 12.4 Å². The molecule has 0 atom stereocenters. The predicted octanol–water partition coefficient (Wildman–Crippen LogP) is 3.92. The molecule has 0 aliphatic heterocycles. The number of allylic oxidation sites excluding steroid dienone is 4. The van der Waals surface area contributed by atoms with Gasteiger partial charge in [-0.3, -0.25) is 0 Å². The molecule has 0 heterocycles. The second-order valence-corrected chi connectivity index (χ2v) is 5.35. The average molecular weight is 350 g/mol. The Morgan fingerprint density at radius 1 is 1.12 bits per heavy atom. The molecule has 1 aromatic rings. The third kappa shape index (κ3) is 4.19. The molecule has 0 radical (unpaired) electrons. The van der Waals surface area contributed by atoms with E-state index in [9.17, 15) is 5.53 Å². The molecule has 0 N–H and O–H groups in total. The highest BCUT2D eigenvalue weighted by atomic mass is 35.5. The van der Waals surface area contributed by atoms with Gasteiger partial charge in [0.15, 0.2) is 0 Å². The van der Waals surface area contributed by atoms with Crippen molar-refractivity contribution in [1.29, 1.82) is 0 Å². The highest BCUT2D eigenvalue weighted by Gasteiger charge is 2.29.